The Kier molecular flexibility index (Phi) is 6.19. The normalized spacial score (nSPS) is 15.3. The number of nitrogens with zero attached hydrogens (tertiary/aromatic N) is 5. The number of nitrogen functional groups attached to an aromatic ring is 1. The van der Waals surface area contributed by atoms with Crippen LogP contribution < -0.4 is 11.1 Å². The van der Waals surface area contributed by atoms with E-state index in [1.54, 1.807) is 0 Å². The van der Waals surface area contributed by atoms with Crippen LogP contribution in [0.2, 0.25) is 5.02 Å². The van der Waals surface area contributed by atoms with Crippen LogP contribution >= 0.6 is 11.6 Å². The van der Waals surface area contributed by atoms with Crippen molar-refractivity contribution >= 4 is 29.2 Å². The molecule has 0 saturated carbocycles. The summed E-state index contributed by atoms with van der Waals surface area (Å²) in [6, 6.07) is 18.0. The summed E-state index contributed by atoms with van der Waals surface area (Å²) in [6.45, 7) is 5.58. The van der Waals surface area contributed by atoms with Crippen molar-refractivity contribution in [1.82, 2.24) is 24.8 Å². The van der Waals surface area contributed by atoms with Crippen LogP contribution in [0.5, 0.6) is 0 Å². The zero-order valence-corrected chi connectivity index (χ0v) is 16.9. The van der Waals surface area contributed by atoms with Crippen molar-refractivity contribution in [2.45, 2.75) is 13.1 Å². The molecule has 1 aliphatic heterocycles. The maximum absolute atomic E-state index is 6.20. The highest BCUT2D eigenvalue weighted by atomic mass is 35.5. The summed E-state index contributed by atoms with van der Waals surface area (Å²) < 4.78 is 0. The lowest BCUT2D eigenvalue weighted by Gasteiger charge is -2.34. The van der Waals surface area contributed by atoms with Gasteiger partial charge in [0.05, 0.1) is 17.3 Å². The van der Waals surface area contributed by atoms with E-state index < -0.39 is 0 Å². The standard InChI is InChI=1S/C21H24ClN7/c22-17-8-4-5-9-18(17)24-21-26-19(25-20(23)27-21)15-29-12-10-28(11-13-29)14-16-6-2-1-3-7-16/h1-9H,10-15H2,(H3,23,24,25,26,27). The minimum Gasteiger partial charge on any atom is -0.368 e. The summed E-state index contributed by atoms with van der Waals surface area (Å²) in [5, 5.41) is 3.72. The number of nitrogens with one attached hydrogen (secondary N) is 1. The van der Waals surface area contributed by atoms with Gasteiger partial charge in [0.1, 0.15) is 5.82 Å². The molecule has 0 atom stereocenters. The lowest BCUT2D eigenvalue weighted by molar-refractivity contribution is 0.120. The van der Waals surface area contributed by atoms with E-state index in [0.29, 0.717) is 23.3 Å². The third kappa shape index (κ3) is 5.41. The number of anilines is 3. The number of nitrogens with two attached hydrogens (primary N) is 1. The zero-order valence-electron chi connectivity index (χ0n) is 16.1. The molecule has 0 aliphatic carbocycles. The van der Waals surface area contributed by atoms with Gasteiger partial charge < -0.3 is 11.1 Å². The molecular formula is C21H24ClN7. The van der Waals surface area contributed by atoms with Crippen molar-refractivity contribution in [3.8, 4) is 0 Å². The lowest BCUT2D eigenvalue weighted by Crippen LogP contribution is -2.45. The smallest absolute Gasteiger partial charge is 0.232 e. The molecule has 0 radical (unpaired) electrons. The maximum Gasteiger partial charge on any atom is 0.232 e. The fraction of sp³-hybridized carbons (Fsp3) is 0.286. The number of para-hydroxylation sites is 1. The number of halogens is 1. The molecule has 0 spiro atoms. The van der Waals surface area contributed by atoms with Gasteiger partial charge in [-0.1, -0.05) is 54.1 Å². The second-order valence-electron chi connectivity index (χ2n) is 7.08. The molecule has 2 aromatic carbocycles. The van der Waals surface area contributed by atoms with Crippen LogP contribution in [0.1, 0.15) is 11.4 Å². The first-order valence-corrected chi connectivity index (χ1v) is 10.0. The van der Waals surface area contributed by atoms with Crippen LogP contribution in [0.25, 0.3) is 0 Å². The van der Waals surface area contributed by atoms with Gasteiger partial charge in [-0.15, -0.1) is 0 Å². The highest BCUT2D eigenvalue weighted by Gasteiger charge is 2.18. The van der Waals surface area contributed by atoms with Crippen molar-refractivity contribution in [2.75, 3.05) is 37.2 Å². The summed E-state index contributed by atoms with van der Waals surface area (Å²) in [5.74, 6) is 1.26. The number of piperazine rings is 1. The molecule has 1 aromatic heterocycles. The summed E-state index contributed by atoms with van der Waals surface area (Å²) >= 11 is 6.20. The maximum atomic E-state index is 6.20. The molecule has 0 bridgehead atoms. The molecule has 0 unspecified atom stereocenters. The Balaban J connectivity index is 1.35. The number of aromatic nitrogens is 3. The predicted octanol–water partition coefficient (Wildman–Crippen LogP) is 3.17. The Morgan fingerprint density at radius 3 is 2.21 bits per heavy atom. The Morgan fingerprint density at radius 2 is 1.48 bits per heavy atom. The zero-order chi connectivity index (χ0) is 20.1. The fourth-order valence-corrected chi connectivity index (χ4v) is 3.58. The average Bonchev–Trinajstić information content (AvgIpc) is 2.72. The minimum atomic E-state index is 0.201. The first-order valence-electron chi connectivity index (χ1n) is 9.66. The van der Waals surface area contributed by atoms with Crippen LogP contribution in [0.3, 0.4) is 0 Å². The Bertz CT molecular complexity index is 943. The molecule has 4 rings (SSSR count). The van der Waals surface area contributed by atoms with Crippen LogP contribution in [0.4, 0.5) is 17.6 Å². The Hall–Kier alpha value is -2.74. The SMILES string of the molecule is Nc1nc(CN2CCN(Cc3ccccc3)CC2)nc(Nc2ccccc2Cl)n1. The van der Waals surface area contributed by atoms with Gasteiger partial charge >= 0.3 is 0 Å². The first-order chi connectivity index (χ1) is 14.2. The second-order valence-corrected chi connectivity index (χ2v) is 7.48. The van der Waals surface area contributed by atoms with Crippen molar-refractivity contribution in [2.24, 2.45) is 0 Å². The van der Waals surface area contributed by atoms with Crippen molar-refractivity contribution in [3.05, 3.63) is 71.0 Å². The van der Waals surface area contributed by atoms with Gasteiger partial charge in [-0.05, 0) is 17.7 Å². The average molecular weight is 410 g/mol. The molecule has 3 aromatic rings. The first kappa shape index (κ1) is 19.6. The van der Waals surface area contributed by atoms with Gasteiger partial charge in [0, 0.05) is 32.7 Å². The summed E-state index contributed by atoms with van der Waals surface area (Å²) in [7, 11) is 0. The van der Waals surface area contributed by atoms with Gasteiger partial charge in [-0.3, -0.25) is 9.80 Å². The van der Waals surface area contributed by atoms with Gasteiger partial charge in [-0.2, -0.15) is 15.0 Å². The number of hydrogen-bond donors (Lipinski definition) is 2. The Morgan fingerprint density at radius 1 is 0.828 bits per heavy atom. The van der Waals surface area contributed by atoms with Gasteiger partial charge in [-0.25, -0.2) is 0 Å². The molecule has 1 saturated heterocycles. The van der Waals surface area contributed by atoms with E-state index >= 15 is 0 Å². The molecular weight excluding hydrogens is 386 g/mol. The lowest BCUT2D eigenvalue weighted by atomic mass is 10.2. The van der Waals surface area contributed by atoms with Crippen LogP contribution in [-0.2, 0) is 13.1 Å². The molecule has 150 valence electrons. The van der Waals surface area contributed by atoms with Crippen LogP contribution in [0.15, 0.2) is 54.6 Å². The van der Waals surface area contributed by atoms with Gasteiger partial charge in [0.15, 0.2) is 0 Å². The summed E-state index contributed by atoms with van der Waals surface area (Å²) in [6.07, 6.45) is 0. The van der Waals surface area contributed by atoms with Crippen molar-refractivity contribution in [3.63, 3.8) is 0 Å². The topological polar surface area (TPSA) is 83.2 Å². The third-order valence-corrected chi connectivity index (χ3v) is 5.23. The minimum absolute atomic E-state index is 0.201. The van der Waals surface area contributed by atoms with Gasteiger partial charge in [0.25, 0.3) is 0 Å². The summed E-state index contributed by atoms with van der Waals surface area (Å²) in [5.41, 5.74) is 7.99. The van der Waals surface area contributed by atoms with E-state index in [1.165, 1.54) is 5.56 Å². The van der Waals surface area contributed by atoms with E-state index in [9.17, 15) is 0 Å². The Labute approximate surface area is 175 Å². The highest BCUT2D eigenvalue weighted by molar-refractivity contribution is 6.33. The van der Waals surface area contributed by atoms with Crippen LogP contribution in [0, 0.1) is 0 Å². The van der Waals surface area contributed by atoms with E-state index in [-0.39, 0.29) is 5.95 Å². The van der Waals surface area contributed by atoms with E-state index in [0.717, 1.165) is 38.4 Å². The van der Waals surface area contributed by atoms with E-state index in [1.807, 2.05) is 24.3 Å². The summed E-state index contributed by atoms with van der Waals surface area (Å²) in [4.78, 5) is 17.8. The van der Waals surface area contributed by atoms with E-state index in [4.69, 9.17) is 17.3 Å². The molecule has 3 N–H and O–H groups in total. The quantitative estimate of drug-likeness (QED) is 0.646. The molecule has 7 nitrogen and oxygen atoms in total. The van der Waals surface area contributed by atoms with E-state index in [2.05, 4.69) is 60.4 Å². The largest absolute Gasteiger partial charge is 0.368 e. The monoisotopic (exact) mass is 409 g/mol. The number of hydrogen-bond acceptors (Lipinski definition) is 7. The van der Waals surface area contributed by atoms with Gasteiger partial charge in [0.2, 0.25) is 11.9 Å². The molecule has 8 heteroatoms. The molecule has 1 aliphatic rings. The number of rotatable bonds is 6. The molecule has 2 heterocycles. The fourth-order valence-electron chi connectivity index (χ4n) is 3.39. The number of benzene rings is 2. The van der Waals surface area contributed by atoms with Crippen molar-refractivity contribution < 1.29 is 0 Å². The second kappa shape index (κ2) is 9.17. The molecule has 29 heavy (non-hydrogen) atoms. The molecule has 1 fully saturated rings. The molecule has 0 amide bonds. The predicted molar refractivity (Wildman–Crippen MR) is 116 cm³/mol. The third-order valence-electron chi connectivity index (χ3n) is 4.90. The van der Waals surface area contributed by atoms with Crippen molar-refractivity contribution in [1.29, 1.82) is 0 Å². The highest BCUT2D eigenvalue weighted by Crippen LogP contribution is 2.23. The van der Waals surface area contributed by atoms with Crippen LogP contribution in [-0.4, -0.2) is 50.9 Å².